The van der Waals surface area contributed by atoms with Crippen molar-refractivity contribution >= 4 is 34.3 Å². The first-order valence-corrected chi connectivity index (χ1v) is 10.7. The molecule has 0 saturated heterocycles. The van der Waals surface area contributed by atoms with E-state index in [2.05, 4.69) is 10.3 Å². The third-order valence-electron chi connectivity index (χ3n) is 4.69. The minimum atomic E-state index is -0.357. The molecule has 0 saturated carbocycles. The normalized spacial score (nSPS) is 10.6. The Labute approximate surface area is 187 Å². The van der Waals surface area contributed by atoms with Crippen molar-refractivity contribution in [2.45, 2.75) is 11.7 Å². The maximum atomic E-state index is 13.3. The van der Waals surface area contributed by atoms with Gasteiger partial charge in [0.25, 0.3) is 5.56 Å². The standard InChI is InChI=1S/C24H17FN4O2S/c25-18-10-8-16(9-11-18)14-29-23(31)20-6-1-2-7-21(20)28-24(29)32-15-22(30)27-19-5-3-4-17(12-19)13-26/h1-12H,14-15H2,(H,27,30). The predicted octanol–water partition coefficient (Wildman–Crippen LogP) is 4.19. The Kier molecular flexibility index (Phi) is 6.29. The van der Waals surface area contributed by atoms with Crippen LogP contribution >= 0.6 is 11.8 Å². The molecule has 0 fully saturated rings. The third-order valence-corrected chi connectivity index (χ3v) is 5.66. The van der Waals surface area contributed by atoms with Gasteiger partial charge in [0.1, 0.15) is 5.82 Å². The van der Waals surface area contributed by atoms with E-state index in [4.69, 9.17) is 5.26 Å². The second-order valence-electron chi connectivity index (χ2n) is 6.96. The topological polar surface area (TPSA) is 87.8 Å². The number of hydrogen-bond donors (Lipinski definition) is 1. The number of hydrogen-bond acceptors (Lipinski definition) is 5. The number of fused-ring (bicyclic) bond motifs is 1. The van der Waals surface area contributed by atoms with Crippen molar-refractivity contribution in [3.05, 3.63) is 100 Å². The number of nitrogens with one attached hydrogen (secondary N) is 1. The van der Waals surface area contributed by atoms with Gasteiger partial charge in [0.05, 0.1) is 34.8 Å². The van der Waals surface area contributed by atoms with Crippen molar-refractivity contribution in [3.8, 4) is 6.07 Å². The molecular formula is C24H17FN4O2S. The van der Waals surface area contributed by atoms with Crippen LogP contribution in [0.3, 0.4) is 0 Å². The number of halogens is 1. The zero-order valence-electron chi connectivity index (χ0n) is 16.8. The van der Waals surface area contributed by atoms with Gasteiger partial charge in [-0.2, -0.15) is 5.26 Å². The van der Waals surface area contributed by atoms with Gasteiger partial charge < -0.3 is 5.32 Å². The fraction of sp³-hybridized carbons (Fsp3) is 0.0833. The summed E-state index contributed by atoms with van der Waals surface area (Å²) in [4.78, 5) is 30.2. The smallest absolute Gasteiger partial charge is 0.262 e. The highest BCUT2D eigenvalue weighted by molar-refractivity contribution is 7.99. The summed E-state index contributed by atoms with van der Waals surface area (Å²) in [6, 6.07) is 21.6. The number of amides is 1. The van der Waals surface area contributed by atoms with Crippen LogP contribution in [0.1, 0.15) is 11.1 Å². The largest absolute Gasteiger partial charge is 0.325 e. The van der Waals surface area contributed by atoms with Gasteiger partial charge in [-0.3, -0.25) is 14.2 Å². The Morgan fingerprint density at radius 2 is 1.88 bits per heavy atom. The first-order valence-electron chi connectivity index (χ1n) is 9.70. The number of nitrogens with zero attached hydrogens (tertiary/aromatic N) is 3. The summed E-state index contributed by atoms with van der Waals surface area (Å²) in [6.45, 7) is 0.200. The molecule has 0 radical (unpaired) electrons. The van der Waals surface area contributed by atoms with Crippen LogP contribution in [0.15, 0.2) is 82.7 Å². The zero-order valence-corrected chi connectivity index (χ0v) is 17.6. The van der Waals surface area contributed by atoms with E-state index in [1.165, 1.54) is 16.7 Å². The summed E-state index contributed by atoms with van der Waals surface area (Å²) in [5.41, 5.74) is 2.01. The lowest BCUT2D eigenvalue weighted by Crippen LogP contribution is -2.25. The van der Waals surface area contributed by atoms with E-state index < -0.39 is 0 Å². The summed E-state index contributed by atoms with van der Waals surface area (Å²) in [6.07, 6.45) is 0. The molecule has 8 heteroatoms. The summed E-state index contributed by atoms with van der Waals surface area (Å²) >= 11 is 1.14. The van der Waals surface area contributed by atoms with E-state index in [-0.39, 0.29) is 29.6 Å². The maximum absolute atomic E-state index is 13.3. The van der Waals surface area contributed by atoms with Gasteiger partial charge in [-0.15, -0.1) is 0 Å². The fourth-order valence-corrected chi connectivity index (χ4v) is 3.96. The third kappa shape index (κ3) is 4.85. The molecule has 3 aromatic carbocycles. The predicted molar refractivity (Wildman–Crippen MR) is 122 cm³/mol. The highest BCUT2D eigenvalue weighted by Gasteiger charge is 2.14. The zero-order chi connectivity index (χ0) is 22.5. The number of carbonyl (C=O) groups excluding carboxylic acids is 1. The SMILES string of the molecule is N#Cc1cccc(NC(=O)CSc2nc3ccccc3c(=O)n2Cc2ccc(F)cc2)c1. The minimum absolute atomic E-state index is 0.0188. The van der Waals surface area contributed by atoms with Crippen molar-refractivity contribution < 1.29 is 9.18 Å². The lowest BCUT2D eigenvalue weighted by molar-refractivity contribution is -0.113. The molecule has 0 atom stereocenters. The highest BCUT2D eigenvalue weighted by Crippen LogP contribution is 2.20. The summed E-state index contributed by atoms with van der Waals surface area (Å²) in [7, 11) is 0. The van der Waals surface area contributed by atoms with Crippen LogP contribution in [0.2, 0.25) is 0 Å². The average Bonchev–Trinajstić information content (AvgIpc) is 2.81. The number of aromatic nitrogens is 2. The van der Waals surface area contributed by atoms with E-state index in [1.807, 2.05) is 6.07 Å². The second kappa shape index (κ2) is 9.45. The van der Waals surface area contributed by atoms with Gasteiger partial charge in [0.15, 0.2) is 5.16 Å². The Balaban J connectivity index is 1.60. The highest BCUT2D eigenvalue weighted by atomic mass is 32.2. The van der Waals surface area contributed by atoms with Crippen LogP contribution in [0.4, 0.5) is 10.1 Å². The molecule has 4 rings (SSSR count). The minimum Gasteiger partial charge on any atom is -0.325 e. The van der Waals surface area contributed by atoms with Gasteiger partial charge in [-0.05, 0) is 48.0 Å². The Hall–Kier alpha value is -3.96. The molecule has 32 heavy (non-hydrogen) atoms. The lowest BCUT2D eigenvalue weighted by Gasteiger charge is -2.13. The number of anilines is 1. The number of rotatable bonds is 6. The average molecular weight is 444 g/mol. The van der Waals surface area contributed by atoms with E-state index in [9.17, 15) is 14.0 Å². The first-order chi connectivity index (χ1) is 15.5. The summed E-state index contributed by atoms with van der Waals surface area (Å²) in [5.74, 6) is -0.629. The molecule has 0 aliphatic carbocycles. The van der Waals surface area contributed by atoms with E-state index >= 15 is 0 Å². The van der Waals surface area contributed by atoms with Crippen LogP contribution in [0.25, 0.3) is 10.9 Å². The van der Waals surface area contributed by atoms with E-state index in [0.717, 1.165) is 17.3 Å². The monoisotopic (exact) mass is 444 g/mol. The lowest BCUT2D eigenvalue weighted by atomic mass is 10.2. The molecule has 0 unspecified atom stereocenters. The molecule has 0 bridgehead atoms. The van der Waals surface area contributed by atoms with Gasteiger partial charge in [-0.25, -0.2) is 9.37 Å². The molecule has 1 N–H and O–H groups in total. The van der Waals surface area contributed by atoms with Crippen molar-refractivity contribution in [2.75, 3.05) is 11.1 Å². The molecule has 1 amide bonds. The first kappa shape index (κ1) is 21.3. The fourth-order valence-electron chi connectivity index (χ4n) is 3.16. The Morgan fingerprint density at radius 1 is 1.09 bits per heavy atom. The molecule has 0 spiro atoms. The molecule has 158 valence electrons. The van der Waals surface area contributed by atoms with Crippen LogP contribution in [0.5, 0.6) is 0 Å². The van der Waals surface area contributed by atoms with Gasteiger partial charge in [0, 0.05) is 5.69 Å². The van der Waals surface area contributed by atoms with Crippen molar-refractivity contribution in [2.24, 2.45) is 0 Å². The molecule has 4 aromatic rings. The summed E-state index contributed by atoms with van der Waals surface area (Å²) < 4.78 is 14.8. The van der Waals surface area contributed by atoms with Crippen LogP contribution in [0, 0.1) is 17.1 Å². The van der Waals surface area contributed by atoms with Gasteiger partial charge >= 0.3 is 0 Å². The van der Waals surface area contributed by atoms with Crippen LogP contribution in [-0.2, 0) is 11.3 Å². The molecule has 6 nitrogen and oxygen atoms in total. The maximum Gasteiger partial charge on any atom is 0.262 e. The molecule has 0 aliphatic rings. The number of nitriles is 1. The van der Waals surface area contributed by atoms with Crippen molar-refractivity contribution in [1.82, 2.24) is 9.55 Å². The number of benzene rings is 3. The van der Waals surface area contributed by atoms with Crippen molar-refractivity contribution in [1.29, 1.82) is 5.26 Å². The Morgan fingerprint density at radius 3 is 2.66 bits per heavy atom. The molecule has 0 aliphatic heterocycles. The number of para-hydroxylation sites is 1. The molecule has 1 heterocycles. The second-order valence-corrected chi connectivity index (χ2v) is 7.90. The molecular weight excluding hydrogens is 427 g/mol. The van der Waals surface area contributed by atoms with Crippen LogP contribution < -0.4 is 10.9 Å². The van der Waals surface area contributed by atoms with Crippen LogP contribution in [-0.4, -0.2) is 21.2 Å². The van der Waals surface area contributed by atoms with Crippen molar-refractivity contribution in [3.63, 3.8) is 0 Å². The summed E-state index contributed by atoms with van der Waals surface area (Å²) in [5, 5.41) is 12.6. The van der Waals surface area contributed by atoms with E-state index in [0.29, 0.717) is 27.3 Å². The number of carbonyl (C=O) groups is 1. The van der Waals surface area contributed by atoms with E-state index in [1.54, 1.807) is 60.7 Å². The quantitative estimate of drug-likeness (QED) is 0.356. The van der Waals surface area contributed by atoms with Gasteiger partial charge in [0.2, 0.25) is 5.91 Å². The Bertz CT molecular complexity index is 1390. The number of thioether (sulfide) groups is 1. The molecule has 1 aromatic heterocycles. The van der Waals surface area contributed by atoms with Gasteiger partial charge in [-0.1, -0.05) is 42.1 Å².